The first-order valence-electron chi connectivity index (χ1n) is 8.77. The predicted molar refractivity (Wildman–Crippen MR) is 105 cm³/mol. The molecule has 1 aromatic carbocycles. The van der Waals surface area contributed by atoms with E-state index in [1.165, 1.54) is 11.8 Å². The molecule has 26 heavy (non-hydrogen) atoms. The van der Waals surface area contributed by atoms with Gasteiger partial charge in [-0.05, 0) is 38.0 Å². The maximum Gasteiger partial charge on any atom is 0.408 e. The van der Waals surface area contributed by atoms with E-state index >= 15 is 0 Å². The van der Waals surface area contributed by atoms with Crippen LogP contribution in [0.4, 0.5) is 4.79 Å². The molecule has 1 atom stereocenters. The van der Waals surface area contributed by atoms with Crippen molar-refractivity contribution in [2.24, 2.45) is 0 Å². The SMILES string of the molecule is CCC(C)c1nc(SC)ncc1C(C)(C)NC(=O)OCc1ccccc1. The molecule has 0 spiro atoms. The van der Waals surface area contributed by atoms with Gasteiger partial charge in [0.2, 0.25) is 0 Å². The third-order valence-corrected chi connectivity index (χ3v) is 4.92. The second-order valence-corrected chi connectivity index (χ2v) is 7.55. The lowest BCUT2D eigenvalue weighted by atomic mass is 9.89. The number of hydrogen-bond donors (Lipinski definition) is 1. The first-order chi connectivity index (χ1) is 12.4. The molecule has 140 valence electrons. The van der Waals surface area contributed by atoms with Gasteiger partial charge in [-0.1, -0.05) is 55.9 Å². The summed E-state index contributed by atoms with van der Waals surface area (Å²) in [6, 6.07) is 9.62. The molecule has 1 unspecified atom stereocenters. The monoisotopic (exact) mass is 373 g/mol. The zero-order chi connectivity index (χ0) is 19.2. The summed E-state index contributed by atoms with van der Waals surface area (Å²) in [7, 11) is 0. The average Bonchev–Trinajstić information content (AvgIpc) is 2.65. The standard InChI is InChI=1S/C20H27N3O2S/c1-6-14(2)17-16(12-21-18(22-17)26-5)20(3,4)23-19(24)25-13-15-10-8-7-9-11-15/h7-12,14H,6,13H2,1-5H3,(H,23,24). The number of alkyl carbamates (subject to hydrolysis) is 1. The third kappa shape index (κ3) is 5.21. The van der Waals surface area contributed by atoms with E-state index in [0.717, 1.165) is 28.4 Å². The molecule has 0 aliphatic rings. The first kappa shape index (κ1) is 20.2. The van der Waals surface area contributed by atoms with Crippen LogP contribution in [0.3, 0.4) is 0 Å². The number of carbonyl (C=O) groups is 1. The smallest absolute Gasteiger partial charge is 0.408 e. The van der Waals surface area contributed by atoms with Crippen LogP contribution in [0.5, 0.6) is 0 Å². The Morgan fingerprint density at radius 2 is 2.00 bits per heavy atom. The number of benzene rings is 1. The van der Waals surface area contributed by atoms with Gasteiger partial charge < -0.3 is 10.1 Å². The van der Waals surface area contributed by atoms with Gasteiger partial charge in [-0.2, -0.15) is 0 Å². The Kier molecular flexibility index (Phi) is 7.03. The van der Waals surface area contributed by atoms with Gasteiger partial charge >= 0.3 is 6.09 Å². The van der Waals surface area contributed by atoms with Gasteiger partial charge in [0.15, 0.2) is 5.16 Å². The summed E-state index contributed by atoms with van der Waals surface area (Å²) in [6.45, 7) is 8.40. The Balaban J connectivity index is 2.14. The number of thioether (sulfide) groups is 1. The zero-order valence-electron chi connectivity index (χ0n) is 16.1. The molecule has 1 amide bonds. The lowest BCUT2D eigenvalue weighted by molar-refractivity contribution is 0.129. The molecule has 2 aromatic rings. The molecule has 1 N–H and O–H groups in total. The summed E-state index contributed by atoms with van der Waals surface area (Å²) in [5, 5.41) is 3.69. The van der Waals surface area contributed by atoms with Crippen LogP contribution < -0.4 is 5.32 Å². The molecule has 1 heterocycles. The van der Waals surface area contributed by atoms with Crippen LogP contribution in [-0.2, 0) is 16.9 Å². The van der Waals surface area contributed by atoms with Crippen molar-refractivity contribution in [3.8, 4) is 0 Å². The summed E-state index contributed by atoms with van der Waals surface area (Å²) in [4.78, 5) is 21.4. The number of ether oxygens (including phenoxy) is 1. The van der Waals surface area contributed by atoms with Crippen molar-refractivity contribution in [2.75, 3.05) is 6.26 Å². The molecule has 0 radical (unpaired) electrons. The van der Waals surface area contributed by atoms with E-state index in [-0.39, 0.29) is 12.5 Å². The third-order valence-electron chi connectivity index (χ3n) is 4.36. The maximum atomic E-state index is 12.3. The number of amides is 1. The van der Waals surface area contributed by atoms with Gasteiger partial charge in [-0.25, -0.2) is 14.8 Å². The molecule has 2 rings (SSSR count). The van der Waals surface area contributed by atoms with Crippen molar-refractivity contribution in [1.29, 1.82) is 0 Å². The molecule has 5 nitrogen and oxygen atoms in total. The second kappa shape index (κ2) is 9.03. The highest BCUT2D eigenvalue weighted by atomic mass is 32.2. The molecule has 0 saturated heterocycles. The van der Waals surface area contributed by atoms with E-state index in [2.05, 4.69) is 29.1 Å². The van der Waals surface area contributed by atoms with Gasteiger partial charge in [0.1, 0.15) is 6.61 Å². The predicted octanol–water partition coefficient (Wildman–Crippen LogP) is 4.87. The fourth-order valence-electron chi connectivity index (χ4n) is 2.61. The lowest BCUT2D eigenvalue weighted by Gasteiger charge is -2.29. The van der Waals surface area contributed by atoms with Gasteiger partial charge in [0.25, 0.3) is 0 Å². The molecule has 1 aromatic heterocycles. The number of nitrogens with zero attached hydrogens (tertiary/aromatic N) is 2. The molecular formula is C20H27N3O2S. The van der Waals surface area contributed by atoms with Gasteiger partial charge in [-0.3, -0.25) is 0 Å². The largest absolute Gasteiger partial charge is 0.445 e. The Morgan fingerprint density at radius 1 is 1.31 bits per heavy atom. The Morgan fingerprint density at radius 3 is 2.62 bits per heavy atom. The van der Waals surface area contributed by atoms with Crippen LogP contribution >= 0.6 is 11.8 Å². The summed E-state index contributed by atoms with van der Waals surface area (Å²) < 4.78 is 5.36. The number of aromatic nitrogens is 2. The minimum absolute atomic E-state index is 0.239. The van der Waals surface area contributed by atoms with Crippen LogP contribution in [0, 0.1) is 0 Å². The highest BCUT2D eigenvalue weighted by Crippen LogP contribution is 2.30. The van der Waals surface area contributed by atoms with Crippen LogP contribution in [-0.4, -0.2) is 22.3 Å². The first-order valence-corrected chi connectivity index (χ1v) is 10.00. The van der Waals surface area contributed by atoms with E-state index in [4.69, 9.17) is 4.74 Å². The minimum atomic E-state index is -0.635. The molecule has 0 fully saturated rings. The fraction of sp³-hybridized carbons (Fsp3) is 0.450. The van der Waals surface area contributed by atoms with Gasteiger partial charge in [-0.15, -0.1) is 0 Å². The number of rotatable bonds is 7. The molecular weight excluding hydrogens is 346 g/mol. The summed E-state index contributed by atoms with van der Waals surface area (Å²) in [5.41, 5.74) is 2.21. The van der Waals surface area contributed by atoms with Crippen molar-refractivity contribution >= 4 is 17.9 Å². The van der Waals surface area contributed by atoms with Gasteiger partial charge in [0, 0.05) is 11.8 Å². The van der Waals surface area contributed by atoms with Crippen molar-refractivity contribution in [2.45, 2.75) is 57.3 Å². The number of carbonyl (C=O) groups excluding carboxylic acids is 1. The molecule has 0 bridgehead atoms. The molecule has 0 aliphatic heterocycles. The van der Waals surface area contributed by atoms with Crippen LogP contribution in [0.25, 0.3) is 0 Å². The van der Waals surface area contributed by atoms with Crippen LogP contribution in [0.15, 0.2) is 41.7 Å². The summed E-state index contributed by atoms with van der Waals surface area (Å²) in [5.74, 6) is 0.278. The Bertz CT molecular complexity index is 735. The normalized spacial score (nSPS) is 12.5. The van der Waals surface area contributed by atoms with E-state index in [1.807, 2.05) is 56.6 Å². The lowest BCUT2D eigenvalue weighted by Crippen LogP contribution is -2.42. The maximum absolute atomic E-state index is 12.3. The van der Waals surface area contributed by atoms with Crippen molar-refractivity contribution in [3.05, 3.63) is 53.3 Å². The number of hydrogen-bond acceptors (Lipinski definition) is 5. The fourth-order valence-corrected chi connectivity index (χ4v) is 2.96. The van der Waals surface area contributed by atoms with Gasteiger partial charge in [0.05, 0.1) is 11.2 Å². The van der Waals surface area contributed by atoms with E-state index in [1.54, 1.807) is 0 Å². The quantitative estimate of drug-likeness (QED) is 0.554. The van der Waals surface area contributed by atoms with Crippen LogP contribution in [0.2, 0.25) is 0 Å². The highest BCUT2D eigenvalue weighted by molar-refractivity contribution is 7.98. The summed E-state index contributed by atoms with van der Waals surface area (Å²) >= 11 is 1.52. The molecule has 0 saturated carbocycles. The minimum Gasteiger partial charge on any atom is -0.445 e. The average molecular weight is 374 g/mol. The number of nitrogens with one attached hydrogen (secondary N) is 1. The Labute approximate surface area is 160 Å². The van der Waals surface area contributed by atoms with Crippen molar-refractivity contribution in [1.82, 2.24) is 15.3 Å². The second-order valence-electron chi connectivity index (χ2n) is 6.78. The topological polar surface area (TPSA) is 64.1 Å². The van der Waals surface area contributed by atoms with E-state index in [0.29, 0.717) is 0 Å². The van der Waals surface area contributed by atoms with Crippen molar-refractivity contribution < 1.29 is 9.53 Å². The zero-order valence-corrected chi connectivity index (χ0v) is 16.9. The van der Waals surface area contributed by atoms with Crippen LogP contribution in [0.1, 0.15) is 56.9 Å². The Hall–Kier alpha value is -2.08. The molecule has 6 heteroatoms. The van der Waals surface area contributed by atoms with E-state index < -0.39 is 11.6 Å². The molecule has 0 aliphatic carbocycles. The highest BCUT2D eigenvalue weighted by Gasteiger charge is 2.29. The van der Waals surface area contributed by atoms with Crippen molar-refractivity contribution in [3.63, 3.8) is 0 Å². The summed E-state index contributed by atoms with van der Waals surface area (Å²) in [6.07, 6.45) is 4.28. The van der Waals surface area contributed by atoms with E-state index in [9.17, 15) is 4.79 Å².